The van der Waals surface area contributed by atoms with E-state index in [1.807, 2.05) is 0 Å². The molecule has 2 heteroatoms. The Balaban J connectivity index is 1.66. The van der Waals surface area contributed by atoms with Crippen molar-refractivity contribution in [1.29, 1.82) is 0 Å². The first kappa shape index (κ1) is 20.5. The smallest absolute Gasteiger partial charge is 0.122 e. The summed E-state index contributed by atoms with van der Waals surface area (Å²) in [6.07, 6.45) is 7.10. The molecule has 2 aromatic carbocycles. The molecule has 26 heavy (non-hydrogen) atoms. The van der Waals surface area contributed by atoms with E-state index in [2.05, 4.69) is 73.3 Å². The lowest BCUT2D eigenvalue weighted by atomic mass is 10.0. The van der Waals surface area contributed by atoms with Crippen molar-refractivity contribution in [3.05, 3.63) is 65.7 Å². The quantitative estimate of drug-likeness (QED) is 0.425. The molecule has 0 heterocycles. The number of benzene rings is 2. The number of hydrogen-bond donors (Lipinski definition) is 0. The molecule has 0 amide bonds. The van der Waals surface area contributed by atoms with E-state index >= 15 is 0 Å². The molecule has 2 aromatic rings. The first-order valence-corrected chi connectivity index (χ1v) is 10.3. The van der Waals surface area contributed by atoms with E-state index in [1.165, 1.54) is 50.0 Å². The van der Waals surface area contributed by atoms with Gasteiger partial charge in [-0.05, 0) is 62.5 Å². The summed E-state index contributed by atoms with van der Waals surface area (Å²) in [5, 5.41) is 0. The Kier molecular flexibility index (Phi) is 9.89. The van der Waals surface area contributed by atoms with Crippen LogP contribution in [0, 0.1) is 0 Å². The summed E-state index contributed by atoms with van der Waals surface area (Å²) in [5.41, 5.74) is 2.70. The Labute approximate surface area is 160 Å². The number of para-hydroxylation sites is 1. The Morgan fingerprint density at radius 2 is 1.42 bits per heavy atom. The minimum Gasteiger partial charge on any atom is -0.493 e. The first-order chi connectivity index (χ1) is 12.8. The molecule has 0 unspecified atom stereocenters. The second-order valence-corrected chi connectivity index (χ2v) is 6.88. The maximum Gasteiger partial charge on any atom is 0.122 e. The fraction of sp³-hybridized carbons (Fsp3) is 0.500. The van der Waals surface area contributed by atoms with E-state index in [-0.39, 0.29) is 0 Å². The summed E-state index contributed by atoms with van der Waals surface area (Å²) in [7, 11) is 0. The lowest BCUT2D eigenvalue weighted by Gasteiger charge is -2.17. The van der Waals surface area contributed by atoms with Crippen molar-refractivity contribution < 1.29 is 4.74 Å². The highest BCUT2D eigenvalue weighted by Gasteiger charge is 2.04. The third-order valence-electron chi connectivity index (χ3n) is 5.02. The fourth-order valence-electron chi connectivity index (χ4n) is 3.29. The van der Waals surface area contributed by atoms with E-state index in [0.29, 0.717) is 0 Å². The topological polar surface area (TPSA) is 12.5 Å². The average molecular weight is 354 g/mol. The Morgan fingerprint density at radius 3 is 2.19 bits per heavy atom. The van der Waals surface area contributed by atoms with E-state index in [1.54, 1.807) is 0 Å². The zero-order valence-corrected chi connectivity index (χ0v) is 16.6. The summed E-state index contributed by atoms with van der Waals surface area (Å²) >= 11 is 0. The Bertz CT molecular complexity index is 592. The number of unbranched alkanes of at least 4 members (excludes halogenated alkanes) is 3. The van der Waals surface area contributed by atoms with Gasteiger partial charge in [-0.3, -0.25) is 0 Å². The van der Waals surface area contributed by atoms with E-state index < -0.39 is 0 Å². The van der Waals surface area contributed by atoms with Crippen LogP contribution < -0.4 is 4.74 Å². The maximum atomic E-state index is 6.09. The predicted molar refractivity (Wildman–Crippen MR) is 112 cm³/mol. The molecule has 0 fully saturated rings. The van der Waals surface area contributed by atoms with Crippen LogP contribution in [0.25, 0.3) is 0 Å². The van der Waals surface area contributed by atoms with E-state index in [0.717, 1.165) is 31.6 Å². The number of hydrogen-bond acceptors (Lipinski definition) is 2. The molecule has 0 N–H and O–H groups in total. The van der Waals surface area contributed by atoms with Crippen molar-refractivity contribution in [2.24, 2.45) is 0 Å². The molecule has 0 aromatic heterocycles. The van der Waals surface area contributed by atoms with E-state index in [4.69, 9.17) is 4.74 Å². The van der Waals surface area contributed by atoms with Gasteiger partial charge >= 0.3 is 0 Å². The number of aryl methyl sites for hydroxylation is 2. The van der Waals surface area contributed by atoms with Crippen LogP contribution in [0.5, 0.6) is 5.75 Å². The van der Waals surface area contributed by atoms with Crippen LogP contribution in [-0.2, 0) is 12.8 Å². The molecule has 0 aliphatic rings. The molecule has 0 bridgehead atoms. The highest BCUT2D eigenvalue weighted by molar-refractivity contribution is 5.34. The Morgan fingerprint density at radius 1 is 0.731 bits per heavy atom. The molecule has 0 spiro atoms. The van der Waals surface area contributed by atoms with Crippen LogP contribution in [0.2, 0.25) is 0 Å². The third kappa shape index (κ3) is 7.61. The van der Waals surface area contributed by atoms with Gasteiger partial charge in [0.25, 0.3) is 0 Å². The number of ether oxygens (including phenoxy) is 1. The third-order valence-corrected chi connectivity index (χ3v) is 5.02. The normalized spacial score (nSPS) is 11.0. The Hall–Kier alpha value is -1.80. The van der Waals surface area contributed by atoms with Gasteiger partial charge in [-0.1, -0.05) is 75.2 Å². The lowest BCUT2D eigenvalue weighted by molar-refractivity contribution is 0.283. The van der Waals surface area contributed by atoms with E-state index in [9.17, 15) is 0 Å². The molecule has 0 saturated carbocycles. The van der Waals surface area contributed by atoms with Crippen LogP contribution in [0.1, 0.15) is 50.7 Å². The molecule has 2 nitrogen and oxygen atoms in total. The lowest BCUT2D eigenvalue weighted by Crippen LogP contribution is -2.23. The summed E-state index contributed by atoms with van der Waals surface area (Å²) < 4.78 is 6.09. The van der Waals surface area contributed by atoms with Crippen molar-refractivity contribution in [3.8, 4) is 5.75 Å². The molecule has 2 rings (SSSR count). The molecule has 0 aliphatic carbocycles. The van der Waals surface area contributed by atoms with Crippen LogP contribution in [-0.4, -0.2) is 31.1 Å². The van der Waals surface area contributed by atoms with Gasteiger partial charge in [0.2, 0.25) is 0 Å². The van der Waals surface area contributed by atoms with Crippen LogP contribution in [0.3, 0.4) is 0 Å². The molecule has 0 saturated heterocycles. The highest BCUT2D eigenvalue weighted by atomic mass is 16.5. The standard InChI is InChI=1S/C24H35NO/c1-3-25(4-2)20-12-5-6-13-21-26-24-17-11-10-16-23(24)19-18-22-14-8-7-9-15-22/h7-11,14-17H,3-6,12-13,18-21H2,1-2H3. The van der Waals surface area contributed by atoms with Gasteiger partial charge in [-0.15, -0.1) is 0 Å². The monoisotopic (exact) mass is 353 g/mol. The van der Waals surface area contributed by atoms with Crippen molar-refractivity contribution in [1.82, 2.24) is 4.90 Å². The maximum absolute atomic E-state index is 6.09. The zero-order valence-electron chi connectivity index (χ0n) is 16.6. The molecule has 0 aliphatic heterocycles. The van der Waals surface area contributed by atoms with Crippen molar-refractivity contribution in [3.63, 3.8) is 0 Å². The minimum atomic E-state index is 0.827. The first-order valence-electron chi connectivity index (χ1n) is 10.3. The van der Waals surface area contributed by atoms with Crippen LogP contribution in [0.4, 0.5) is 0 Å². The van der Waals surface area contributed by atoms with Gasteiger partial charge in [0, 0.05) is 0 Å². The largest absolute Gasteiger partial charge is 0.493 e. The molecule has 0 atom stereocenters. The minimum absolute atomic E-state index is 0.827. The van der Waals surface area contributed by atoms with Gasteiger partial charge in [-0.25, -0.2) is 0 Å². The molecular formula is C24H35NO. The van der Waals surface area contributed by atoms with Gasteiger partial charge in [0.1, 0.15) is 5.75 Å². The second kappa shape index (κ2) is 12.5. The number of rotatable bonds is 13. The average Bonchev–Trinajstić information content (AvgIpc) is 2.70. The van der Waals surface area contributed by atoms with Crippen LogP contribution >= 0.6 is 0 Å². The van der Waals surface area contributed by atoms with Gasteiger partial charge in [0.15, 0.2) is 0 Å². The van der Waals surface area contributed by atoms with Gasteiger partial charge in [0.05, 0.1) is 6.61 Å². The molecular weight excluding hydrogens is 318 g/mol. The summed E-state index contributed by atoms with van der Waals surface area (Å²) in [6, 6.07) is 19.2. The summed E-state index contributed by atoms with van der Waals surface area (Å²) in [6.45, 7) is 8.88. The van der Waals surface area contributed by atoms with Gasteiger partial charge < -0.3 is 9.64 Å². The molecule has 142 valence electrons. The van der Waals surface area contributed by atoms with Crippen LogP contribution in [0.15, 0.2) is 54.6 Å². The summed E-state index contributed by atoms with van der Waals surface area (Å²) in [5.74, 6) is 1.06. The van der Waals surface area contributed by atoms with Gasteiger partial charge in [-0.2, -0.15) is 0 Å². The van der Waals surface area contributed by atoms with Crippen molar-refractivity contribution in [2.75, 3.05) is 26.2 Å². The second-order valence-electron chi connectivity index (χ2n) is 6.88. The molecule has 0 radical (unpaired) electrons. The van der Waals surface area contributed by atoms with Crippen molar-refractivity contribution in [2.45, 2.75) is 52.4 Å². The highest BCUT2D eigenvalue weighted by Crippen LogP contribution is 2.20. The fourth-order valence-corrected chi connectivity index (χ4v) is 3.29. The SMILES string of the molecule is CCN(CC)CCCCCCOc1ccccc1CCc1ccccc1. The predicted octanol–water partition coefficient (Wildman–Crippen LogP) is 5.75. The van der Waals surface area contributed by atoms with Crippen molar-refractivity contribution >= 4 is 0 Å². The summed E-state index contributed by atoms with van der Waals surface area (Å²) in [4.78, 5) is 2.50. The number of nitrogens with zero attached hydrogens (tertiary/aromatic N) is 1. The zero-order chi connectivity index (χ0) is 18.5.